The summed E-state index contributed by atoms with van der Waals surface area (Å²) in [5, 5.41) is 3.03. The first kappa shape index (κ1) is 26.4. The Bertz CT molecular complexity index is 1150. The molecule has 198 valence electrons. The Hall–Kier alpha value is -3.62. The van der Waals surface area contributed by atoms with Gasteiger partial charge >= 0.3 is 12.1 Å². The molecule has 9 heteroatoms. The molecule has 1 aromatic heterocycles. The van der Waals surface area contributed by atoms with Crippen LogP contribution in [0.2, 0.25) is 0 Å². The molecule has 1 N–H and O–H groups in total. The highest BCUT2D eigenvalue weighted by molar-refractivity contribution is 5.92. The number of piperidine rings is 1. The summed E-state index contributed by atoms with van der Waals surface area (Å²) in [6.45, 7) is 6.59. The van der Waals surface area contributed by atoms with Crippen LogP contribution in [0.3, 0.4) is 0 Å². The summed E-state index contributed by atoms with van der Waals surface area (Å²) in [6, 6.07) is 9.01. The Kier molecular flexibility index (Phi) is 8.00. The lowest BCUT2D eigenvalue weighted by Gasteiger charge is -2.33. The second-order valence-electron chi connectivity index (χ2n) is 10.5. The maximum Gasteiger partial charge on any atom is 0.410 e. The van der Waals surface area contributed by atoms with Crippen molar-refractivity contribution in [3.8, 4) is 5.75 Å². The number of aromatic nitrogens is 1. The first-order chi connectivity index (χ1) is 17.6. The molecule has 0 bridgehead atoms. The highest BCUT2D eigenvalue weighted by atomic mass is 16.6. The second-order valence-corrected chi connectivity index (χ2v) is 10.5. The number of aryl methyl sites for hydroxylation is 1. The van der Waals surface area contributed by atoms with Gasteiger partial charge in [0.05, 0.1) is 12.7 Å². The van der Waals surface area contributed by atoms with Gasteiger partial charge in [-0.3, -0.25) is 9.78 Å². The van der Waals surface area contributed by atoms with Crippen LogP contribution in [0.4, 0.5) is 4.79 Å². The third-order valence-corrected chi connectivity index (χ3v) is 6.56. The number of benzene rings is 1. The average molecular weight is 510 g/mol. The van der Waals surface area contributed by atoms with Crippen molar-refractivity contribution in [2.45, 2.75) is 70.6 Å². The van der Waals surface area contributed by atoms with Crippen molar-refractivity contribution in [1.29, 1.82) is 0 Å². The molecular weight excluding hydrogens is 474 g/mol. The Morgan fingerprint density at radius 2 is 1.78 bits per heavy atom. The van der Waals surface area contributed by atoms with Crippen LogP contribution >= 0.6 is 0 Å². The van der Waals surface area contributed by atoms with Gasteiger partial charge in [-0.05, 0) is 75.8 Å². The molecule has 0 spiro atoms. The first-order valence-electron chi connectivity index (χ1n) is 12.7. The lowest BCUT2D eigenvalue weighted by Crippen LogP contribution is -2.47. The quantitative estimate of drug-likeness (QED) is 0.609. The fourth-order valence-corrected chi connectivity index (χ4v) is 4.66. The lowest BCUT2D eigenvalue weighted by atomic mass is 9.88. The monoisotopic (exact) mass is 509 g/mol. The summed E-state index contributed by atoms with van der Waals surface area (Å²) in [5.74, 6) is 0.00221. The van der Waals surface area contributed by atoms with Gasteiger partial charge in [0.25, 0.3) is 5.91 Å². The minimum atomic E-state index is -0.532. The maximum atomic E-state index is 12.9. The van der Waals surface area contributed by atoms with Crippen LogP contribution in [0.15, 0.2) is 36.5 Å². The smallest absolute Gasteiger partial charge is 0.410 e. The van der Waals surface area contributed by atoms with Crippen LogP contribution in [0.25, 0.3) is 0 Å². The second kappa shape index (κ2) is 11.2. The highest BCUT2D eigenvalue weighted by Gasteiger charge is 2.28. The fraction of sp³-hybridized carbons (Fsp3) is 0.500. The van der Waals surface area contributed by atoms with Gasteiger partial charge in [0.15, 0.2) is 0 Å². The molecule has 2 amide bonds. The minimum absolute atomic E-state index is 0.0352. The SMILES string of the molecule is COC(=O)c1ccc2c(c1)CCC(Oc1ccnc(C(=O)NC3CCN(C(=O)OC(C)(C)C)CC3)c1)C2. The van der Waals surface area contributed by atoms with Crippen LogP contribution in [0, 0.1) is 0 Å². The van der Waals surface area contributed by atoms with E-state index >= 15 is 0 Å². The van der Waals surface area contributed by atoms with Gasteiger partial charge in [-0.25, -0.2) is 9.59 Å². The molecular formula is C28H35N3O6. The van der Waals surface area contributed by atoms with Gasteiger partial charge in [-0.1, -0.05) is 6.07 Å². The summed E-state index contributed by atoms with van der Waals surface area (Å²) in [4.78, 5) is 42.8. The number of fused-ring (bicyclic) bond motifs is 1. The highest BCUT2D eigenvalue weighted by Crippen LogP contribution is 2.26. The van der Waals surface area contributed by atoms with Crippen molar-refractivity contribution in [3.05, 3.63) is 58.9 Å². The number of hydrogen-bond acceptors (Lipinski definition) is 7. The van der Waals surface area contributed by atoms with Crippen molar-refractivity contribution in [1.82, 2.24) is 15.2 Å². The molecule has 1 saturated heterocycles. The van der Waals surface area contributed by atoms with Crippen molar-refractivity contribution in [3.63, 3.8) is 0 Å². The first-order valence-corrected chi connectivity index (χ1v) is 12.7. The van der Waals surface area contributed by atoms with Crippen molar-refractivity contribution in [2.24, 2.45) is 0 Å². The van der Waals surface area contributed by atoms with Crippen molar-refractivity contribution in [2.75, 3.05) is 20.2 Å². The maximum absolute atomic E-state index is 12.9. The molecule has 1 fully saturated rings. The van der Waals surface area contributed by atoms with E-state index in [2.05, 4.69) is 10.3 Å². The molecule has 2 aromatic rings. The summed E-state index contributed by atoms with van der Waals surface area (Å²) in [6.07, 6.45) is 4.85. The molecule has 1 aromatic carbocycles. The van der Waals surface area contributed by atoms with E-state index in [1.54, 1.807) is 29.3 Å². The van der Waals surface area contributed by atoms with E-state index in [0.717, 1.165) is 30.4 Å². The molecule has 1 aliphatic heterocycles. The van der Waals surface area contributed by atoms with Gasteiger partial charge in [-0.15, -0.1) is 0 Å². The standard InChI is InChI=1S/C28H35N3O6/c1-28(2,3)37-27(34)31-13-10-21(11-14-31)30-25(32)24-17-23(9-12-29-24)36-22-8-7-18-15-20(26(33)35-4)6-5-19(18)16-22/h5-6,9,12,15,17,21-22H,7-8,10-11,13-14,16H2,1-4H3,(H,30,32). The molecule has 9 nitrogen and oxygen atoms in total. The van der Waals surface area contributed by atoms with E-state index in [-0.39, 0.29) is 30.1 Å². The van der Waals surface area contributed by atoms with Crippen LogP contribution in [-0.4, -0.2) is 65.8 Å². The molecule has 4 rings (SSSR count). The van der Waals surface area contributed by atoms with E-state index in [9.17, 15) is 14.4 Å². The molecule has 37 heavy (non-hydrogen) atoms. The Morgan fingerprint density at radius 3 is 2.49 bits per heavy atom. The predicted octanol–water partition coefficient (Wildman–Crippen LogP) is 3.93. The topological polar surface area (TPSA) is 107 Å². The number of carbonyl (C=O) groups is 3. The number of likely N-dealkylation sites (tertiary alicyclic amines) is 1. The number of nitrogens with one attached hydrogen (secondary N) is 1. The van der Waals surface area contributed by atoms with E-state index in [1.165, 1.54) is 7.11 Å². The van der Waals surface area contributed by atoms with Gasteiger partial charge < -0.3 is 24.4 Å². The van der Waals surface area contributed by atoms with Gasteiger partial charge in [0, 0.05) is 37.8 Å². The Balaban J connectivity index is 1.29. The Labute approximate surface area is 217 Å². The number of hydrogen-bond donors (Lipinski definition) is 1. The molecule has 1 unspecified atom stereocenters. The zero-order valence-electron chi connectivity index (χ0n) is 21.9. The lowest BCUT2D eigenvalue weighted by molar-refractivity contribution is 0.0199. The van der Waals surface area contributed by atoms with Crippen LogP contribution in [0.1, 0.15) is 72.0 Å². The van der Waals surface area contributed by atoms with E-state index in [1.807, 2.05) is 32.9 Å². The molecule has 2 aliphatic rings. The van der Waals surface area contributed by atoms with Gasteiger partial charge in [-0.2, -0.15) is 0 Å². The van der Waals surface area contributed by atoms with Crippen LogP contribution < -0.4 is 10.1 Å². The number of carbonyl (C=O) groups excluding carboxylic acids is 3. The van der Waals surface area contributed by atoms with E-state index < -0.39 is 5.60 Å². The normalized spacial score (nSPS) is 17.9. The largest absolute Gasteiger partial charge is 0.490 e. The number of methoxy groups -OCH3 is 1. The predicted molar refractivity (Wildman–Crippen MR) is 137 cm³/mol. The van der Waals surface area contributed by atoms with Gasteiger partial charge in [0.1, 0.15) is 23.1 Å². The third-order valence-electron chi connectivity index (χ3n) is 6.56. The molecule has 2 heterocycles. The molecule has 1 atom stereocenters. The summed E-state index contributed by atoms with van der Waals surface area (Å²) in [5.41, 5.74) is 2.60. The zero-order valence-corrected chi connectivity index (χ0v) is 21.9. The Morgan fingerprint density at radius 1 is 1.03 bits per heavy atom. The third kappa shape index (κ3) is 6.99. The molecule has 0 radical (unpaired) electrons. The van der Waals surface area contributed by atoms with Crippen LogP contribution in [0.5, 0.6) is 5.75 Å². The number of pyridine rings is 1. The number of esters is 1. The van der Waals surface area contributed by atoms with Gasteiger partial charge in [0.2, 0.25) is 0 Å². The minimum Gasteiger partial charge on any atom is -0.490 e. The van der Waals surface area contributed by atoms with Crippen molar-refractivity contribution < 1.29 is 28.6 Å². The van der Waals surface area contributed by atoms with E-state index in [0.29, 0.717) is 42.9 Å². The zero-order chi connectivity index (χ0) is 26.6. The van der Waals surface area contributed by atoms with E-state index in [4.69, 9.17) is 14.2 Å². The molecule has 1 aliphatic carbocycles. The number of rotatable bonds is 5. The number of ether oxygens (including phenoxy) is 3. The fourth-order valence-electron chi connectivity index (χ4n) is 4.66. The molecule has 0 saturated carbocycles. The van der Waals surface area contributed by atoms with Crippen LogP contribution in [-0.2, 0) is 22.3 Å². The number of amides is 2. The summed E-state index contributed by atoms with van der Waals surface area (Å²) < 4.78 is 16.4. The average Bonchev–Trinajstić information content (AvgIpc) is 2.87. The summed E-state index contributed by atoms with van der Waals surface area (Å²) in [7, 11) is 1.38. The van der Waals surface area contributed by atoms with Crippen molar-refractivity contribution >= 4 is 18.0 Å². The summed E-state index contributed by atoms with van der Waals surface area (Å²) >= 11 is 0. The number of nitrogens with zero attached hydrogens (tertiary/aromatic N) is 2.